The van der Waals surface area contributed by atoms with E-state index in [1.165, 1.54) is 8.87 Å². The Morgan fingerprint density at radius 2 is 1.57 bits per heavy atom. The fraction of sp³-hybridized carbons (Fsp3) is 1.00. The van der Waals surface area contributed by atoms with E-state index in [-0.39, 0.29) is 9.90 Å². The van der Waals surface area contributed by atoms with Gasteiger partial charge in [0.2, 0.25) is 0 Å². The van der Waals surface area contributed by atoms with Crippen LogP contribution in [0.15, 0.2) is 0 Å². The molecule has 0 nitrogen and oxygen atoms in total. The van der Waals surface area contributed by atoms with Crippen LogP contribution in [0.25, 0.3) is 0 Å². The van der Waals surface area contributed by atoms with Crippen molar-refractivity contribution in [1.29, 1.82) is 0 Å². The van der Waals surface area contributed by atoms with Crippen molar-refractivity contribution in [3.63, 3.8) is 0 Å². The zero-order valence-corrected chi connectivity index (χ0v) is 11.1. The van der Waals surface area contributed by atoms with Crippen LogP contribution >= 0.6 is 16.8 Å². The van der Waals surface area contributed by atoms with E-state index in [9.17, 15) is 0 Å². The van der Waals surface area contributed by atoms with Gasteiger partial charge in [-0.2, -0.15) is 9.90 Å². The Labute approximate surface area is 58.7 Å². The third-order valence-corrected chi connectivity index (χ3v) is 13.4. The van der Waals surface area contributed by atoms with Crippen LogP contribution in [0.1, 0.15) is 13.8 Å². The molecule has 0 aromatic carbocycles. The Hall–Kier alpha value is 1.66. The number of rotatable bonds is 2. The summed E-state index contributed by atoms with van der Waals surface area (Å²) in [6.07, 6.45) is 0. The Kier molecular flexibility index (Phi) is 12.5. The van der Waals surface area contributed by atoms with Crippen LogP contribution in [-0.2, 0) is 0 Å². The van der Waals surface area contributed by atoms with E-state index < -0.39 is 19.2 Å². The molecule has 0 bridgehead atoms. The van der Waals surface area contributed by atoms with E-state index in [4.69, 9.17) is 0 Å². The molecule has 0 saturated heterocycles. The average Bonchev–Trinajstić information content (AvgIpc) is 1.65. The molecule has 0 aromatic rings. The van der Waals surface area contributed by atoms with Crippen LogP contribution in [0.5, 0.6) is 0 Å². The van der Waals surface area contributed by atoms with Gasteiger partial charge in [-0.3, -0.25) is 0 Å². The Bertz CT molecular complexity index is 28.9. The molecule has 0 radical (unpaired) electrons. The van der Waals surface area contributed by atoms with Gasteiger partial charge in [-0.05, 0) is 0 Å². The summed E-state index contributed by atoms with van der Waals surface area (Å²) >= 11 is -0.805. The van der Waals surface area contributed by atoms with Crippen molar-refractivity contribution in [3.8, 4) is 0 Å². The van der Waals surface area contributed by atoms with Crippen LogP contribution in [-0.4, -0.2) is 19.2 Å². The normalized spacial score (nSPS) is 8.57. The largest absolute Gasteiger partial charge is 0.153 e. The first-order valence-corrected chi connectivity index (χ1v) is 13.6. The molecule has 0 spiro atoms. The van der Waals surface area contributed by atoms with Crippen LogP contribution in [0.4, 0.5) is 0 Å². The quantitative estimate of drug-likeness (QED) is 0.512. The first kappa shape index (κ1) is 11.5. The second kappa shape index (κ2) is 7.66. The molecule has 0 rings (SSSR count). The predicted molar refractivity (Wildman–Crippen MR) is 48.9 cm³/mol. The molecule has 0 heterocycles. The molecular weight excluding hydrogens is 229 g/mol. The molecule has 0 N–H and O–H groups in total. The van der Waals surface area contributed by atoms with Gasteiger partial charge >= 0.3 is 48.8 Å². The maximum absolute atomic E-state index is 3.02. The molecule has 2 atom stereocenters. The van der Waals surface area contributed by atoms with Crippen LogP contribution < -0.4 is 0 Å². The Morgan fingerprint density at radius 1 is 1.29 bits per heavy atom. The fourth-order valence-corrected chi connectivity index (χ4v) is 1.94. The van der Waals surface area contributed by atoms with Gasteiger partial charge in [-0.1, -0.05) is 0 Å². The summed E-state index contributed by atoms with van der Waals surface area (Å²) < 4.78 is 3.01. The van der Waals surface area contributed by atoms with Crippen molar-refractivity contribution in [2.45, 2.75) is 22.7 Å². The van der Waals surface area contributed by atoms with Gasteiger partial charge in [0.15, 0.2) is 0 Å². The van der Waals surface area contributed by atoms with Crippen molar-refractivity contribution in [2.24, 2.45) is 0 Å². The molecule has 3 heteroatoms. The van der Waals surface area contributed by atoms with E-state index in [0.717, 1.165) is 0 Å². The fourth-order valence-electron chi connectivity index (χ4n) is 0.289. The Morgan fingerprint density at radius 3 is 1.57 bits per heavy atom. The van der Waals surface area contributed by atoms with Crippen molar-refractivity contribution in [1.82, 2.24) is 0 Å². The standard InChI is InChI=1S/2C2H5.H3P.H2P.Sn.H/c2*1-2;;;;/h2*1H2,2H3;1H3;1H2;;/q;;;-1;+1;. The third-order valence-electron chi connectivity index (χ3n) is 1.05. The monoisotopic (exact) mass is 246 g/mol. The van der Waals surface area contributed by atoms with Crippen molar-refractivity contribution in [3.05, 3.63) is 0 Å². The zero-order chi connectivity index (χ0) is 4.99. The van der Waals surface area contributed by atoms with Crippen molar-refractivity contribution in [2.75, 3.05) is 0 Å². The van der Waals surface area contributed by atoms with Gasteiger partial charge in [0.1, 0.15) is 0 Å². The first-order valence-electron chi connectivity index (χ1n) is 2.56. The second-order valence-corrected chi connectivity index (χ2v) is 16.9. The van der Waals surface area contributed by atoms with Gasteiger partial charge in [0.25, 0.3) is 0 Å². The molecule has 0 aromatic heterocycles. The van der Waals surface area contributed by atoms with Crippen molar-refractivity contribution < 1.29 is 0 Å². The predicted octanol–water partition coefficient (Wildman–Crippen LogP) is 1.68. The second-order valence-electron chi connectivity index (χ2n) is 1.58. The molecule has 0 saturated carbocycles. The van der Waals surface area contributed by atoms with E-state index in [0.29, 0.717) is 0 Å². The minimum absolute atomic E-state index is 0. The molecule has 0 fully saturated rings. The number of hydrogen-bond acceptors (Lipinski definition) is 0. The van der Waals surface area contributed by atoms with E-state index in [2.05, 4.69) is 20.7 Å². The van der Waals surface area contributed by atoms with E-state index >= 15 is 0 Å². The molecule has 0 aliphatic rings. The molecule has 7 heavy (non-hydrogen) atoms. The summed E-state index contributed by atoms with van der Waals surface area (Å²) in [5.41, 5.74) is 0. The molecular formula is C4H16P2Sn. The summed E-state index contributed by atoms with van der Waals surface area (Å²) in [5, 5.41) is 0. The van der Waals surface area contributed by atoms with E-state index in [1.54, 1.807) is 0 Å². The summed E-state index contributed by atoms with van der Waals surface area (Å²) in [6.45, 7) is 7.63. The summed E-state index contributed by atoms with van der Waals surface area (Å²) in [7, 11) is 0. The molecule has 2 unspecified atom stereocenters. The van der Waals surface area contributed by atoms with Gasteiger partial charge in [-0.25, -0.2) is 0 Å². The molecule has 0 aliphatic heterocycles. The third kappa shape index (κ3) is 7.66. The number of hydrogen-bond donors (Lipinski definition) is 0. The molecule has 0 aliphatic carbocycles. The van der Waals surface area contributed by atoms with Gasteiger partial charge in [0, 0.05) is 0 Å². The summed E-state index contributed by atoms with van der Waals surface area (Å²) in [4.78, 5) is 0. The summed E-state index contributed by atoms with van der Waals surface area (Å²) in [6, 6.07) is 0. The van der Waals surface area contributed by atoms with Crippen LogP contribution in [0.3, 0.4) is 0 Å². The van der Waals surface area contributed by atoms with E-state index in [1.807, 2.05) is 0 Å². The smallest absolute Gasteiger partial charge is 0.153 e. The zero-order valence-electron chi connectivity index (χ0n) is 5.28. The first-order chi connectivity index (χ1) is 2.81. The van der Waals surface area contributed by atoms with Crippen LogP contribution in [0, 0.1) is 0 Å². The van der Waals surface area contributed by atoms with Gasteiger partial charge in [0.05, 0.1) is 0 Å². The molecule has 0 amide bonds. The maximum atomic E-state index is 3.02. The molecule has 46 valence electrons. The van der Waals surface area contributed by atoms with Gasteiger partial charge in [-0.15, -0.1) is 0 Å². The van der Waals surface area contributed by atoms with Gasteiger partial charge < -0.3 is 0 Å². The van der Waals surface area contributed by atoms with Crippen molar-refractivity contribution >= 4 is 36.0 Å². The minimum Gasteiger partial charge on any atom is -0.153 e. The maximum Gasteiger partial charge on any atom is -0.153 e. The summed E-state index contributed by atoms with van der Waals surface area (Å²) in [5.74, 6) is 0. The van der Waals surface area contributed by atoms with Crippen LogP contribution in [0.2, 0.25) is 8.87 Å². The Balaban J connectivity index is 0. The topological polar surface area (TPSA) is 0 Å². The minimum atomic E-state index is -0.805. The SMILES string of the molecule is C[CH2][SnH]([PH2])[CH2]C.P. The average molecular weight is 245 g/mol.